The van der Waals surface area contributed by atoms with Crippen LogP contribution in [0.1, 0.15) is 10.4 Å². The molecule has 0 aliphatic rings. The quantitative estimate of drug-likeness (QED) is 0.713. The maximum atomic E-state index is 12.2. The van der Waals surface area contributed by atoms with Crippen LogP contribution in [0.3, 0.4) is 0 Å². The van der Waals surface area contributed by atoms with Gasteiger partial charge < -0.3 is 5.32 Å². The standard InChI is InChI=1S/C16H13N5O2S2/c1-11-5-8-16(24-11)25(22,23)21-15-7-6-14(19-20-15)18-13-4-2-3-12(9-13)10-17/h2-9H,1H3,(H,18,19)(H,20,21). The molecule has 0 saturated heterocycles. The Morgan fingerprint density at radius 2 is 1.84 bits per heavy atom. The van der Waals surface area contributed by atoms with Crippen molar-refractivity contribution < 1.29 is 8.42 Å². The fraction of sp³-hybridized carbons (Fsp3) is 0.0625. The van der Waals surface area contributed by atoms with Gasteiger partial charge in [0.2, 0.25) is 0 Å². The Bertz CT molecular complexity index is 1040. The van der Waals surface area contributed by atoms with Gasteiger partial charge >= 0.3 is 0 Å². The Morgan fingerprint density at radius 3 is 2.48 bits per heavy atom. The highest BCUT2D eigenvalue weighted by Gasteiger charge is 2.17. The predicted molar refractivity (Wildman–Crippen MR) is 96.3 cm³/mol. The van der Waals surface area contributed by atoms with E-state index < -0.39 is 10.0 Å². The van der Waals surface area contributed by atoms with E-state index in [1.807, 2.05) is 6.92 Å². The molecule has 0 aliphatic carbocycles. The molecule has 0 saturated carbocycles. The van der Waals surface area contributed by atoms with Crippen LogP contribution in [-0.4, -0.2) is 18.6 Å². The van der Waals surface area contributed by atoms with Gasteiger partial charge in [-0.15, -0.1) is 21.5 Å². The molecule has 1 aromatic carbocycles. The second kappa shape index (κ2) is 6.88. The molecule has 3 rings (SSSR count). The van der Waals surface area contributed by atoms with E-state index in [4.69, 9.17) is 5.26 Å². The van der Waals surface area contributed by atoms with Crippen molar-refractivity contribution in [2.75, 3.05) is 10.0 Å². The van der Waals surface area contributed by atoms with E-state index in [1.165, 1.54) is 17.4 Å². The SMILES string of the molecule is Cc1ccc(S(=O)(=O)Nc2ccc(Nc3cccc(C#N)c3)nn2)s1. The molecular weight excluding hydrogens is 358 g/mol. The zero-order valence-electron chi connectivity index (χ0n) is 13.1. The van der Waals surface area contributed by atoms with Gasteiger partial charge in [-0.2, -0.15) is 5.26 Å². The minimum Gasteiger partial charge on any atom is -0.339 e. The number of thiophene rings is 1. The molecule has 9 heteroatoms. The molecule has 0 spiro atoms. The molecule has 2 N–H and O–H groups in total. The predicted octanol–water partition coefficient (Wildman–Crippen LogP) is 3.26. The first-order valence-corrected chi connectivity index (χ1v) is 9.46. The molecule has 126 valence electrons. The minimum atomic E-state index is -3.66. The zero-order valence-corrected chi connectivity index (χ0v) is 14.7. The van der Waals surface area contributed by atoms with Crippen molar-refractivity contribution in [3.63, 3.8) is 0 Å². The fourth-order valence-corrected chi connectivity index (χ4v) is 4.29. The number of rotatable bonds is 5. The van der Waals surface area contributed by atoms with Crippen molar-refractivity contribution in [3.8, 4) is 6.07 Å². The maximum absolute atomic E-state index is 12.2. The Kier molecular flexibility index (Phi) is 4.65. The third-order valence-corrected chi connectivity index (χ3v) is 6.00. The molecule has 2 heterocycles. The molecule has 7 nitrogen and oxygen atoms in total. The molecule has 3 aromatic rings. The largest absolute Gasteiger partial charge is 0.339 e. The van der Waals surface area contributed by atoms with Crippen LogP contribution < -0.4 is 10.0 Å². The number of aromatic nitrogens is 2. The summed E-state index contributed by atoms with van der Waals surface area (Å²) in [4.78, 5) is 0.908. The number of hydrogen-bond donors (Lipinski definition) is 2. The topological polar surface area (TPSA) is 108 Å². The number of benzene rings is 1. The molecule has 0 fully saturated rings. The summed E-state index contributed by atoms with van der Waals surface area (Å²) in [5.74, 6) is 0.562. The van der Waals surface area contributed by atoms with E-state index in [0.29, 0.717) is 17.1 Å². The van der Waals surface area contributed by atoms with Gasteiger partial charge in [0.25, 0.3) is 10.0 Å². The fourth-order valence-electron chi connectivity index (χ4n) is 2.01. The van der Waals surface area contributed by atoms with Gasteiger partial charge in [0.15, 0.2) is 11.6 Å². The summed E-state index contributed by atoms with van der Waals surface area (Å²) in [7, 11) is -3.66. The molecule has 0 aliphatic heterocycles. The Morgan fingerprint density at radius 1 is 1.08 bits per heavy atom. The van der Waals surface area contributed by atoms with Crippen LogP contribution in [0.5, 0.6) is 0 Å². The van der Waals surface area contributed by atoms with E-state index in [9.17, 15) is 8.42 Å². The first-order chi connectivity index (χ1) is 12.0. The van der Waals surface area contributed by atoms with E-state index >= 15 is 0 Å². The lowest BCUT2D eigenvalue weighted by atomic mass is 10.2. The molecule has 0 radical (unpaired) electrons. The van der Waals surface area contributed by atoms with Gasteiger partial charge in [0, 0.05) is 10.6 Å². The lowest BCUT2D eigenvalue weighted by Gasteiger charge is -2.07. The van der Waals surface area contributed by atoms with Gasteiger partial charge in [-0.05, 0) is 49.4 Å². The van der Waals surface area contributed by atoms with Gasteiger partial charge in [0.05, 0.1) is 11.6 Å². The number of nitrogens with zero attached hydrogens (tertiary/aromatic N) is 3. The smallest absolute Gasteiger partial charge is 0.272 e. The van der Waals surface area contributed by atoms with Gasteiger partial charge in [-0.1, -0.05) is 6.07 Å². The summed E-state index contributed by atoms with van der Waals surface area (Å²) >= 11 is 1.18. The van der Waals surface area contributed by atoms with Crippen molar-refractivity contribution in [2.45, 2.75) is 11.1 Å². The number of aryl methyl sites for hydroxylation is 1. The highest BCUT2D eigenvalue weighted by Crippen LogP contribution is 2.23. The molecule has 0 amide bonds. The highest BCUT2D eigenvalue weighted by molar-refractivity contribution is 7.94. The third kappa shape index (κ3) is 4.12. The molecule has 0 unspecified atom stereocenters. The monoisotopic (exact) mass is 371 g/mol. The lowest BCUT2D eigenvalue weighted by Crippen LogP contribution is -2.13. The summed E-state index contributed by atoms with van der Waals surface area (Å²) in [5.41, 5.74) is 1.21. The van der Waals surface area contributed by atoms with Crippen LogP contribution in [0.15, 0.2) is 52.7 Å². The van der Waals surface area contributed by atoms with E-state index in [-0.39, 0.29) is 10.0 Å². The van der Waals surface area contributed by atoms with Gasteiger partial charge in [0.1, 0.15) is 4.21 Å². The zero-order chi connectivity index (χ0) is 17.9. The highest BCUT2D eigenvalue weighted by atomic mass is 32.2. The van der Waals surface area contributed by atoms with Crippen LogP contribution in [0.4, 0.5) is 17.3 Å². The summed E-state index contributed by atoms with van der Waals surface area (Å²) in [6.45, 7) is 1.84. The first-order valence-electron chi connectivity index (χ1n) is 7.16. The van der Waals surface area contributed by atoms with Crippen molar-refractivity contribution in [1.29, 1.82) is 5.26 Å². The number of hydrogen-bond acceptors (Lipinski definition) is 7. The summed E-state index contributed by atoms with van der Waals surface area (Å²) in [6.07, 6.45) is 0. The number of nitrogens with one attached hydrogen (secondary N) is 2. The average Bonchev–Trinajstić information content (AvgIpc) is 3.04. The van der Waals surface area contributed by atoms with Crippen molar-refractivity contribution in [2.24, 2.45) is 0 Å². The normalized spacial score (nSPS) is 10.9. The minimum absolute atomic E-state index is 0.127. The third-order valence-electron chi connectivity index (χ3n) is 3.15. The van der Waals surface area contributed by atoms with Crippen molar-refractivity contribution >= 4 is 38.7 Å². The van der Waals surface area contributed by atoms with Crippen LogP contribution >= 0.6 is 11.3 Å². The van der Waals surface area contributed by atoms with Crippen LogP contribution in [0, 0.1) is 18.3 Å². The Balaban J connectivity index is 1.73. The van der Waals surface area contributed by atoms with Crippen LogP contribution in [0.25, 0.3) is 0 Å². The summed E-state index contributed by atoms with van der Waals surface area (Å²) in [5, 5.41) is 19.7. The number of anilines is 3. The van der Waals surface area contributed by atoms with Crippen LogP contribution in [-0.2, 0) is 10.0 Å². The maximum Gasteiger partial charge on any atom is 0.272 e. The molecule has 0 atom stereocenters. The van der Waals surface area contributed by atoms with E-state index in [0.717, 1.165) is 4.88 Å². The second-order valence-electron chi connectivity index (χ2n) is 5.09. The first kappa shape index (κ1) is 16.9. The Hall–Kier alpha value is -2.96. The molecular formula is C16H13N5O2S2. The summed E-state index contributed by atoms with van der Waals surface area (Å²) < 4.78 is 27.1. The van der Waals surface area contributed by atoms with E-state index in [2.05, 4.69) is 26.3 Å². The Labute approximate surface area is 149 Å². The van der Waals surface area contributed by atoms with Crippen LogP contribution in [0.2, 0.25) is 0 Å². The lowest BCUT2D eigenvalue weighted by molar-refractivity contribution is 0.603. The second-order valence-corrected chi connectivity index (χ2v) is 8.29. The van der Waals surface area contributed by atoms with Gasteiger partial charge in [-0.25, -0.2) is 8.42 Å². The van der Waals surface area contributed by atoms with Gasteiger partial charge in [-0.3, -0.25) is 4.72 Å². The number of nitriles is 1. The molecule has 25 heavy (non-hydrogen) atoms. The molecule has 2 aromatic heterocycles. The van der Waals surface area contributed by atoms with Crippen molar-refractivity contribution in [3.05, 3.63) is 59.0 Å². The number of sulfonamides is 1. The molecule has 0 bridgehead atoms. The van der Waals surface area contributed by atoms with E-state index in [1.54, 1.807) is 42.5 Å². The average molecular weight is 371 g/mol. The summed E-state index contributed by atoms with van der Waals surface area (Å²) in [6, 6.07) is 15.4. The van der Waals surface area contributed by atoms with Crippen molar-refractivity contribution in [1.82, 2.24) is 10.2 Å².